The smallest absolute Gasteiger partial charge is 0.237 e. The maximum absolute atomic E-state index is 12.3. The zero-order chi connectivity index (χ0) is 18.5. The van der Waals surface area contributed by atoms with E-state index in [0.717, 1.165) is 17.9 Å². The van der Waals surface area contributed by atoms with E-state index >= 15 is 0 Å². The van der Waals surface area contributed by atoms with Crippen molar-refractivity contribution < 1.29 is 14.0 Å². The minimum Gasteiger partial charge on any atom is -0.459 e. The van der Waals surface area contributed by atoms with E-state index < -0.39 is 6.04 Å². The second-order valence-corrected chi connectivity index (χ2v) is 6.75. The normalized spacial score (nSPS) is 18.0. The molecule has 2 N–H and O–H groups in total. The van der Waals surface area contributed by atoms with Crippen LogP contribution in [0.3, 0.4) is 0 Å². The Morgan fingerprint density at radius 3 is 2.77 bits per heavy atom. The van der Waals surface area contributed by atoms with E-state index in [2.05, 4.69) is 15.5 Å². The SMILES string of the molecule is CC(C)N1CCNC(=O)[C@H]1CC(=O)NCc1ccc(-c2ccccc2)o1. The number of piperazine rings is 1. The highest BCUT2D eigenvalue weighted by Crippen LogP contribution is 2.21. The van der Waals surface area contributed by atoms with Gasteiger partial charge in [-0.3, -0.25) is 14.5 Å². The number of nitrogens with zero attached hydrogens (tertiary/aromatic N) is 1. The Balaban J connectivity index is 1.55. The Hall–Kier alpha value is -2.60. The third-order valence-electron chi connectivity index (χ3n) is 4.59. The van der Waals surface area contributed by atoms with Crippen molar-refractivity contribution in [1.29, 1.82) is 0 Å². The van der Waals surface area contributed by atoms with Crippen molar-refractivity contribution in [2.45, 2.75) is 38.9 Å². The van der Waals surface area contributed by atoms with Crippen molar-refractivity contribution in [3.05, 3.63) is 48.2 Å². The molecule has 26 heavy (non-hydrogen) atoms. The molecule has 1 aromatic carbocycles. The van der Waals surface area contributed by atoms with Crippen LogP contribution in [0, 0.1) is 0 Å². The summed E-state index contributed by atoms with van der Waals surface area (Å²) in [5.41, 5.74) is 0.997. The minimum absolute atomic E-state index is 0.0792. The van der Waals surface area contributed by atoms with E-state index in [1.54, 1.807) is 0 Å². The van der Waals surface area contributed by atoms with Gasteiger partial charge in [-0.25, -0.2) is 0 Å². The minimum atomic E-state index is -0.416. The van der Waals surface area contributed by atoms with Gasteiger partial charge in [0.1, 0.15) is 11.5 Å². The first kappa shape index (κ1) is 18.2. The number of amides is 2. The van der Waals surface area contributed by atoms with Gasteiger partial charge in [0.25, 0.3) is 0 Å². The molecule has 1 saturated heterocycles. The molecule has 1 fully saturated rings. The number of furan rings is 1. The van der Waals surface area contributed by atoms with Crippen LogP contribution >= 0.6 is 0 Å². The van der Waals surface area contributed by atoms with Crippen molar-refractivity contribution >= 4 is 11.8 Å². The lowest BCUT2D eigenvalue weighted by molar-refractivity contribution is -0.134. The van der Waals surface area contributed by atoms with E-state index in [4.69, 9.17) is 4.42 Å². The number of carbonyl (C=O) groups excluding carboxylic acids is 2. The van der Waals surface area contributed by atoms with Gasteiger partial charge in [0.05, 0.1) is 19.0 Å². The van der Waals surface area contributed by atoms with E-state index in [1.807, 2.05) is 56.3 Å². The number of carbonyl (C=O) groups is 2. The predicted octanol–water partition coefficient (Wildman–Crippen LogP) is 2.16. The zero-order valence-electron chi connectivity index (χ0n) is 15.2. The van der Waals surface area contributed by atoms with Crippen LogP contribution in [0.15, 0.2) is 46.9 Å². The molecule has 0 spiro atoms. The second-order valence-electron chi connectivity index (χ2n) is 6.75. The number of benzene rings is 1. The molecule has 6 nitrogen and oxygen atoms in total. The summed E-state index contributed by atoms with van der Waals surface area (Å²) in [4.78, 5) is 26.5. The lowest BCUT2D eigenvalue weighted by atomic mass is 10.1. The summed E-state index contributed by atoms with van der Waals surface area (Å²) in [6.45, 7) is 5.78. The van der Waals surface area contributed by atoms with Crippen LogP contribution < -0.4 is 10.6 Å². The van der Waals surface area contributed by atoms with Crippen LogP contribution in [0.25, 0.3) is 11.3 Å². The molecule has 2 amide bonds. The molecular formula is C20H25N3O3. The van der Waals surface area contributed by atoms with Gasteiger partial charge in [0, 0.05) is 24.7 Å². The predicted molar refractivity (Wildman–Crippen MR) is 99.2 cm³/mol. The van der Waals surface area contributed by atoms with Crippen LogP contribution in [0.5, 0.6) is 0 Å². The van der Waals surface area contributed by atoms with Crippen molar-refractivity contribution in [3.63, 3.8) is 0 Å². The molecule has 2 heterocycles. The third kappa shape index (κ3) is 4.32. The largest absolute Gasteiger partial charge is 0.459 e. The molecule has 0 saturated carbocycles. The van der Waals surface area contributed by atoms with E-state index in [0.29, 0.717) is 18.8 Å². The summed E-state index contributed by atoms with van der Waals surface area (Å²) in [6, 6.07) is 13.4. The number of hydrogen-bond acceptors (Lipinski definition) is 4. The van der Waals surface area contributed by atoms with Crippen molar-refractivity contribution in [2.75, 3.05) is 13.1 Å². The molecule has 138 valence electrons. The van der Waals surface area contributed by atoms with Gasteiger partial charge >= 0.3 is 0 Å². The molecule has 1 atom stereocenters. The lowest BCUT2D eigenvalue weighted by Crippen LogP contribution is -2.58. The van der Waals surface area contributed by atoms with Gasteiger partial charge in [0.2, 0.25) is 11.8 Å². The van der Waals surface area contributed by atoms with Gasteiger partial charge < -0.3 is 15.1 Å². The summed E-state index contributed by atoms with van der Waals surface area (Å²) in [5, 5.41) is 5.69. The number of nitrogens with one attached hydrogen (secondary N) is 2. The second kappa shape index (κ2) is 8.19. The molecule has 1 aliphatic rings. The van der Waals surface area contributed by atoms with Crippen LogP contribution in [0.1, 0.15) is 26.0 Å². The standard InChI is InChI=1S/C20H25N3O3/c1-14(2)23-11-10-21-20(25)17(23)12-19(24)22-13-16-8-9-18(26-16)15-6-4-3-5-7-15/h3-9,14,17H,10-13H2,1-2H3,(H,21,25)(H,22,24)/t17-/m1/s1. The highest BCUT2D eigenvalue weighted by Gasteiger charge is 2.32. The first-order valence-corrected chi connectivity index (χ1v) is 8.99. The van der Waals surface area contributed by atoms with Gasteiger partial charge in [-0.05, 0) is 26.0 Å². The van der Waals surface area contributed by atoms with Crippen LogP contribution in [-0.2, 0) is 16.1 Å². The highest BCUT2D eigenvalue weighted by molar-refractivity contribution is 5.88. The van der Waals surface area contributed by atoms with Crippen LogP contribution in [0.2, 0.25) is 0 Å². The van der Waals surface area contributed by atoms with Crippen molar-refractivity contribution in [3.8, 4) is 11.3 Å². The molecule has 1 aliphatic heterocycles. The van der Waals surface area contributed by atoms with Crippen LogP contribution in [-0.4, -0.2) is 41.9 Å². The van der Waals surface area contributed by atoms with Crippen molar-refractivity contribution in [2.24, 2.45) is 0 Å². The Kier molecular flexibility index (Phi) is 5.73. The zero-order valence-corrected chi connectivity index (χ0v) is 15.2. The molecule has 1 aromatic heterocycles. The van der Waals surface area contributed by atoms with Crippen LogP contribution in [0.4, 0.5) is 0 Å². The molecule has 3 rings (SSSR count). The third-order valence-corrected chi connectivity index (χ3v) is 4.59. The maximum Gasteiger partial charge on any atom is 0.237 e. The Bertz CT molecular complexity index is 755. The Morgan fingerprint density at radius 2 is 2.04 bits per heavy atom. The molecular weight excluding hydrogens is 330 g/mol. The van der Waals surface area contributed by atoms with Gasteiger partial charge in [0.15, 0.2) is 0 Å². The average Bonchev–Trinajstić information content (AvgIpc) is 3.11. The van der Waals surface area contributed by atoms with Gasteiger partial charge in [-0.1, -0.05) is 30.3 Å². The molecule has 0 radical (unpaired) electrons. The molecule has 6 heteroatoms. The summed E-state index contributed by atoms with van der Waals surface area (Å²) in [6.07, 6.45) is 0.149. The summed E-state index contributed by atoms with van der Waals surface area (Å²) in [5.74, 6) is 1.22. The van der Waals surface area contributed by atoms with E-state index in [1.165, 1.54) is 0 Å². The topological polar surface area (TPSA) is 74.6 Å². The molecule has 0 aliphatic carbocycles. The van der Waals surface area contributed by atoms with E-state index in [9.17, 15) is 9.59 Å². The Labute approximate surface area is 153 Å². The summed E-state index contributed by atoms with van der Waals surface area (Å²) < 4.78 is 5.79. The van der Waals surface area contributed by atoms with E-state index in [-0.39, 0.29) is 24.3 Å². The van der Waals surface area contributed by atoms with Crippen molar-refractivity contribution in [1.82, 2.24) is 15.5 Å². The molecule has 0 bridgehead atoms. The van der Waals surface area contributed by atoms with Gasteiger partial charge in [-0.15, -0.1) is 0 Å². The summed E-state index contributed by atoms with van der Waals surface area (Å²) in [7, 11) is 0. The highest BCUT2D eigenvalue weighted by atomic mass is 16.3. The summed E-state index contributed by atoms with van der Waals surface area (Å²) >= 11 is 0. The number of rotatable bonds is 6. The monoisotopic (exact) mass is 355 g/mol. The first-order valence-electron chi connectivity index (χ1n) is 8.99. The molecule has 0 unspecified atom stereocenters. The van der Waals surface area contributed by atoms with Gasteiger partial charge in [-0.2, -0.15) is 0 Å². The Morgan fingerprint density at radius 1 is 1.27 bits per heavy atom. The number of hydrogen-bond donors (Lipinski definition) is 2. The fourth-order valence-corrected chi connectivity index (χ4v) is 3.22. The first-order chi connectivity index (χ1) is 12.5. The fourth-order valence-electron chi connectivity index (χ4n) is 3.22. The quantitative estimate of drug-likeness (QED) is 0.833. The lowest BCUT2D eigenvalue weighted by Gasteiger charge is -2.37. The average molecular weight is 355 g/mol. The maximum atomic E-state index is 12.3. The molecule has 2 aromatic rings. The fraction of sp³-hybridized carbons (Fsp3) is 0.400.